The van der Waals surface area contributed by atoms with Gasteiger partial charge in [0.25, 0.3) is 5.89 Å². The maximum absolute atomic E-state index is 11.1. The summed E-state index contributed by atoms with van der Waals surface area (Å²) in [5.74, 6) is 0.406. The van der Waals surface area contributed by atoms with E-state index in [1.807, 2.05) is 18.2 Å². The topological polar surface area (TPSA) is 94.7 Å². The van der Waals surface area contributed by atoms with Crippen LogP contribution in [0, 0.1) is 0 Å². The lowest BCUT2D eigenvalue weighted by Gasteiger charge is -2.06. The van der Waals surface area contributed by atoms with E-state index in [1.165, 1.54) is 6.07 Å². The fourth-order valence-electron chi connectivity index (χ4n) is 2.16. The third-order valence-electron chi connectivity index (χ3n) is 3.28. The van der Waals surface area contributed by atoms with Crippen molar-refractivity contribution in [2.24, 2.45) is 0 Å². The summed E-state index contributed by atoms with van der Waals surface area (Å²) in [6, 6.07) is 13.6. The van der Waals surface area contributed by atoms with Gasteiger partial charge in [0.1, 0.15) is 17.1 Å². The van der Waals surface area contributed by atoms with Gasteiger partial charge >= 0.3 is 5.97 Å². The SMILES string of the molecule is COc1ccccc1-c1noc(COc2ccccc2C(=O)O)n1. The van der Waals surface area contributed by atoms with Gasteiger partial charge in [-0.2, -0.15) is 4.98 Å². The van der Waals surface area contributed by atoms with Gasteiger partial charge in [0.2, 0.25) is 5.82 Å². The van der Waals surface area contributed by atoms with E-state index in [4.69, 9.17) is 19.1 Å². The Hall–Kier alpha value is -3.35. The zero-order valence-corrected chi connectivity index (χ0v) is 12.8. The van der Waals surface area contributed by atoms with E-state index in [0.29, 0.717) is 17.1 Å². The number of carboxylic acids is 1. The predicted octanol–water partition coefficient (Wildman–Crippen LogP) is 3.02. The highest BCUT2D eigenvalue weighted by atomic mass is 16.5. The first-order valence-electron chi connectivity index (χ1n) is 7.10. The maximum atomic E-state index is 11.1. The largest absolute Gasteiger partial charge is 0.496 e. The molecule has 0 radical (unpaired) electrons. The van der Waals surface area contributed by atoms with Crippen LogP contribution in [0.3, 0.4) is 0 Å². The van der Waals surface area contributed by atoms with Gasteiger partial charge in [0.05, 0.1) is 12.7 Å². The van der Waals surface area contributed by atoms with Crippen molar-refractivity contribution in [3.05, 3.63) is 60.0 Å². The summed E-state index contributed by atoms with van der Waals surface area (Å²) >= 11 is 0. The number of hydrogen-bond acceptors (Lipinski definition) is 6. The van der Waals surface area contributed by atoms with E-state index in [0.717, 1.165) is 0 Å². The Morgan fingerprint density at radius 1 is 1.12 bits per heavy atom. The quantitative estimate of drug-likeness (QED) is 0.744. The molecule has 0 aliphatic carbocycles. The number of para-hydroxylation sites is 2. The Labute approximate surface area is 137 Å². The molecule has 7 nitrogen and oxygen atoms in total. The average Bonchev–Trinajstić information content (AvgIpc) is 3.09. The van der Waals surface area contributed by atoms with Crippen LogP contribution in [0.15, 0.2) is 53.1 Å². The van der Waals surface area contributed by atoms with Crippen LogP contribution in [-0.2, 0) is 6.61 Å². The number of methoxy groups -OCH3 is 1. The first-order chi connectivity index (χ1) is 11.7. The number of rotatable bonds is 6. The third kappa shape index (κ3) is 3.19. The molecule has 0 aliphatic rings. The number of hydrogen-bond donors (Lipinski definition) is 1. The average molecular weight is 326 g/mol. The molecule has 0 unspecified atom stereocenters. The molecule has 122 valence electrons. The number of nitrogens with zero attached hydrogens (tertiary/aromatic N) is 2. The molecule has 1 aromatic heterocycles. The van der Waals surface area contributed by atoms with Crippen molar-refractivity contribution in [1.29, 1.82) is 0 Å². The molecule has 7 heteroatoms. The van der Waals surface area contributed by atoms with Gasteiger partial charge in [-0.15, -0.1) is 0 Å². The van der Waals surface area contributed by atoms with Crippen molar-refractivity contribution in [2.45, 2.75) is 6.61 Å². The van der Waals surface area contributed by atoms with E-state index < -0.39 is 5.97 Å². The number of benzene rings is 2. The molecule has 0 spiro atoms. The Kier molecular flexibility index (Phi) is 4.42. The highest BCUT2D eigenvalue weighted by molar-refractivity contribution is 5.90. The van der Waals surface area contributed by atoms with Crippen molar-refractivity contribution >= 4 is 5.97 Å². The lowest BCUT2D eigenvalue weighted by Crippen LogP contribution is -2.03. The van der Waals surface area contributed by atoms with Crippen molar-refractivity contribution in [1.82, 2.24) is 10.1 Å². The molecule has 1 N–H and O–H groups in total. The Bertz CT molecular complexity index is 859. The lowest BCUT2D eigenvalue weighted by molar-refractivity contribution is 0.0691. The first-order valence-corrected chi connectivity index (χ1v) is 7.10. The van der Waals surface area contributed by atoms with Gasteiger partial charge in [0, 0.05) is 0 Å². The highest BCUT2D eigenvalue weighted by Crippen LogP contribution is 2.27. The smallest absolute Gasteiger partial charge is 0.339 e. The van der Waals surface area contributed by atoms with Crippen molar-refractivity contribution < 1.29 is 23.9 Å². The summed E-state index contributed by atoms with van der Waals surface area (Å²) in [5.41, 5.74) is 0.767. The fraction of sp³-hybridized carbons (Fsp3) is 0.118. The molecule has 0 bridgehead atoms. The number of aromatic carboxylic acids is 1. The molecule has 0 fully saturated rings. The first kappa shape index (κ1) is 15.5. The molecule has 0 aliphatic heterocycles. The molecule has 0 atom stereocenters. The number of ether oxygens (including phenoxy) is 2. The normalized spacial score (nSPS) is 10.4. The molecule has 0 saturated carbocycles. The number of aromatic nitrogens is 2. The van der Waals surface area contributed by atoms with Crippen LogP contribution < -0.4 is 9.47 Å². The molecule has 0 saturated heterocycles. The summed E-state index contributed by atoms with van der Waals surface area (Å²) < 4.78 is 15.9. The van der Waals surface area contributed by atoms with Crippen LogP contribution in [0.4, 0.5) is 0 Å². The predicted molar refractivity (Wildman–Crippen MR) is 84.0 cm³/mol. The highest BCUT2D eigenvalue weighted by Gasteiger charge is 2.15. The summed E-state index contributed by atoms with van der Waals surface area (Å²) in [7, 11) is 1.56. The van der Waals surface area contributed by atoms with Crippen LogP contribution in [0.5, 0.6) is 11.5 Å². The Balaban J connectivity index is 1.77. The van der Waals surface area contributed by atoms with E-state index in [9.17, 15) is 4.79 Å². The molecule has 24 heavy (non-hydrogen) atoms. The molecule has 3 rings (SSSR count). The van der Waals surface area contributed by atoms with Crippen LogP contribution in [0.25, 0.3) is 11.4 Å². The molecular formula is C17H14N2O5. The van der Waals surface area contributed by atoms with Crippen molar-refractivity contribution in [2.75, 3.05) is 7.11 Å². The minimum atomic E-state index is -1.06. The van der Waals surface area contributed by atoms with E-state index in [1.54, 1.807) is 31.4 Å². The standard InChI is InChI=1S/C17H14N2O5/c1-22-13-8-4-2-6-11(13)16-18-15(24-19-16)10-23-14-9-5-3-7-12(14)17(20)21/h2-9H,10H2,1H3,(H,20,21). The van der Waals surface area contributed by atoms with E-state index >= 15 is 0 Å². The Morgan fingerprint density at radius 3 is 2.58 bits per heavy atom. The van der Waals surface area contributed by atoms with Crippen LogP contribution in [0.1, 0.15) is 16.2 Å². The van der Waals surface area contributed by atoms with Gasteiger partial charge < -0.3 is 19.1 Å². The monoisotopic (exact) mass is 326 g/mol. The molecule has 3 aromatic rings. The Morgan fingerprint density at radius 2 is 1.83 bits per heavy atom. The maximum Gasteiger partial charge on any atom is 0.339 e. The summed E-state index contributed by atoms with van der Waals surface area (Å²) in [6.45, 7) is -0.0353. The summed E-state index contributed by atoms with van der Waals surface area (Å²) in [5, 5.41) is 13.0. The zero-order valence-electron chi connectivity index (χ0n) is 12.8. The fourth-order valence-corrected chi connectivity index (χ4v) is 2.16. The number of carbonyl (C=O) groups is 1. The molecule has 1 heterocycles. The second-order valence-corrected chi connectivity index (χ2v) is 4.80. The molecule has 0 amide bonds. The number of carboxylic acid groups (broad SMARTS) is 1. The van der Waals surface area contributed by atoms with Gasteiger partial charge in [0.15, 0.2) is 6.61 Å². The zero-order chi connectivity index (χ0) is 16.9. The van der Waals surface area contributed by atoms with Crippen molar-refractivity contribution in [3.63, 3.8) is 0 Å². The minimum absolute atomic E-state index is 0.0353. The van der Waals surface area contributed by atoms with Crippen LogP contribution in [-0.4, -0.2) is 28.3 Å². The summed E-state index contributed by atoms with van der Waals surface area (Å²) in [4.78, 5) is 15.4. The van der Waals surface area contributed by atoms with E-state index in [2.05, 4.69) is 10.1 Å². The van der Waals surface area contributed by atoms with Gasteiger partial charge in [-0.3, -0.25) is 0 Å². The molecule has 2 aromatic carbocycles. The van der Waals surface area contributed by atoms with Crippen LogP contribution in [0.2, 0.25) is 0 Å². The molecular weight excluding hydrogens is 312 g/mol. The summed E-state index contributed by atoms with van der Waals surface area (Å²) in [6.07, 6.45) is 0. The minimum Gasteiger partial charge on any atom is -0.496 e. The lowest BCUT2D eigenvalue weighted by atomic mass is 10.2. The van der Waals surface area contributed by atoms with Gasteiger partial charge in [-0.05, 0) is 24.3 Å². The third-order valence-corrected chi connectivity index (χ3v) is 3.28. The van der Waals surface area contributed by atoms with Gasteiger partial charge in [-0.25, -0.2) is 4.79 Å². The van der Waals surface area contributed by atoms with Crippen LogP contribution >= 0.6 is 0 Å². The second-order valence-electron chi connectivity index (χ2n) is 4.80. The van der Waals surface area contributed by atoms with Crippen molar-refractivity contribution in [3.8, 4) is 22.9 Å². The van der Waals surface area contributed by atoms with Gasteiger partial charge in [-0.1, -0.05) is 29.4 Å². The second kappa shape index (κ2) is 6.82. The van der Waals surface area contributed by atoms with E-state index in [-0.39, 0.29) is 23.8 Å².